The van der Waals surface area contributed by atoms with Gasteiger partial charge in [-0.1, -0.05) is 0 Å². The third-order valence-electron chi connectivity index (χ3n) is 3.16. The van der Waals surface area contributed by atoms with Crippen LogP contribution in [0.4, 0.5) is 5.69 Å². The van der Waals surface area contributed by atoms with Gasteiger partial charge in [-0.3, -0.25) is 0 Å². The monoisotopic (exact) mass is 277 g/mol. The second kappa shape index (κ2) is 7.58. The molecule has 0 aliphatic rings. The molecule has 20 heavy (non-hydrogen) atoms. The number of rotatable bonds is 6. The van der Waals surface area contributed by atoms with Crippen molar-refractivity contribution < 1.29 is 14.6 Å². The average Bonchev–Trinajstić information content (AvgIpc) is 2.40. The van der Waals surface area contributed by atoms with Crippen LogP contribution < -0.4 is 4.90 Å². The van der Waals surface area contributed by atoms with Gasteiger partial charge in [0.15, 0.2) is 0 Å². The topological polar surface area (TPSA) is 49.8 Å². The van der Waals surface area contributed by atoms with Crippen LogP contribution in [0.1, 0.15) is 33.3 Å². The molecule has 1 aromatic carbocycles. The van der Waals surface area contributed by atoms with Crippen LogP contribution in [-0.4, -0.2) is 30.8 Å². The first-order valence-electron chi connectivity index (χ1n) is 6.96. The van der Waals surface area contributed by atoms with Gasteiger partial charge in [-0.2, -0.15) is 0 Å². The maximum Gasteiger partial charge on any atom is 0.331 e. The van der Waals surface area contributed by atoms with Crippen LogP contribution in [0.25, 0.3) is 5.57 Å². The Bertz CT molecular complexity index is 490. The lowest BCUT2D eigenvalue weighted by Gasteiger charge is -2.21. The summed E-state index contributed by atoms with van der Waals surface area (Å²) in [7, 11) is 0. The van der Waals surface area contributed by atoms with E-state index in [1.165, 1.54) is 6.08 Å². The fourth-order valence-electron chi connectivity index (χ4n) is 2.08. The quantitative estimate of drug-likeness (QED) is 0.641. The van der Waals surface area contributed by atoms with Gasteiger partial charge < -0.3 is 14.7 Å². The lowest BCUT2D eigenvalue weighted by molar-refractivity contribution is -0.137. The van der Waals surface area contributed by atoms with E-state index in [0.717, 1.165) is 18.8 Å². The number of hydrogen-bond acceptors (Lipinski definition) is 4. The Morgan fingerprint density at radius 3 is 2.45 bits per heavy atom. The molecule has 0 bridgehead atoms. The van der Waals surface area contributed by atoms with Gasteiger partial charge in [0, 0.05) is 36.5 Å². The SMILES string of the molecule is CCOC(=O)C=C(C)c1ccc(N(CC)CC)cc1O. The van der Waals surface area contributed by atoms with Crippen LogP contribution in [0.3, 0.4) is 0 Å². The Kier molecular flexibility index (Phi) is 6.10. The Labute approximate surface area is 120 Å². The Hall–Kier alpha value is -1.97. The molecule has 1 N–H and O–H groups in total. The zero-order chi connectivity index (χ0) is 15.1. The van der Waals surface area contributed by atoms with E-state index in [4.69, 9.17) is 4.74 Å². The Morgan fingerprint density at radius 2 is 1.95 bits per heavy atom. The lowest BCUT2D eigenvalue weighted by atomic mass is 10.0. The molecule has 0 saturated carbocycles. The molecule has 0 unspecified atom stereocenters. The van der Waals surface area contributed by atoms with Gasteiger partial charge in [0.25, 0.3) is 0 Å². The summed E-state index contributed by atoms with van der Waals surface area (Å²) in [6, 6.07) is 5.50. The minimum Gasteiger partial charge on any atom is -0.507 e. The summed E-state index contributed by atoms with van der Waals surface area (Å²) in [5.74, 6) is -0.218. The molecule has 0 fully saturated rings. The largest absolute Gasteiger partial charge is 0.507 e. The van der Waals surface area contributed by atoms with Crippen LogP contribution in [0.5, 0.6) is 5.75 Å². The highest BCUT2D eigenvalue weighted by molar-refractivity contribution is 5.91. The van der Waals surface area contributed by atoms with Crippen molar-refractivity contribution in [2.75, 3.05) is 24.6 Å². The smallest absolute Gasteiger partial charge is 0.331 e. The van der Waals surface area contributed by atoms with E-state index in [1.54, 1.807) is 19.9 Å². The van der Waals surface area contributed by atoms with Crippen LogP contribution in [-0.2, 0) is 9.53 Å². The van der Waals surface area contributed by atoms with Crippen LogP contribution in [0.15, 0.2) is 24.3 Å². The van der Waals surface area contributed by atoms with Gasteiger partial charge in [0.05, 0.1) is 6.61 Å². The summed E-state index contributed by atoms with van der Waals surface area (Å²) >= 11 is 0. The van der Waals surface area contributed by atoms with Crippen molar-refractivity contribution in [1.82, 2.24) is 0 Å². The highest BCUT2D eigenvalue weighted by Gasteiger charge is 2.09. The maximum absolute atomic E-state index is 11.4. The zero-order valence-corrected chi connectivity index (χ0v) is 12.6. The second-order valence-corrected chi connectivity index (χ2v) is 4.45. The average molecular weight is 277 g/mol. The lowest BCUT2D eigenvalue weighted by Crippen LogP contribution is -2.21. The molecule has 0 aliphatic heterocycles. The molecule has 0 atom stereocenters. The van der Waals surface area contributed by atoms with E-state index in [9.17, 15) is 9.90 Å². The molecule has 4 nitrogen and oxygen atoms in total. The van der Waals surface area contributed by atoms with Crippen molar-refractivity contribution in [3.63, 3.8) is 0 Å². The number of phenols is 1. The number of carbonyl (C=O) groups excluding carboxylic acids is 1. The summed E-state index contributed by atoms with van der Waals surface area (Å²) < 4.78 is 4.87. The second-order valence-electron chi connectivity index (χ2n) is 4.45. The molecule has 1 rings (SSSR count). The van der Waals surface area contributed by atoms with Crippen LogP contribution >= 0.6 is 0 Å². The highest BCUT2D eigenvalue weighted by Crippen LogP contribution is 2.29. The molecule has 0 radical (unpaired) electrons. The molecule has 0 aromatic heterocycles. The first-order valence-corrected chi connectivity index (χ1v) is 6.96. The van der Waals surface area contributed by atoms with Gasteiger partial charge in [-0.15, -0.1) is 0 Å². The minimum absolute atomic E-state index is 0.174. The van der Waals surface area contributed by atoms with Gasteiger partial charge in [-0.25, -0.2) is 4.79 Å². The van der Waals surface area contributed by atoms with Crippen molar-refractivity contribution in [2.45, 2.75) is 27.7 Å². The van der Waals surface area contributed by atoms with E-state index in [1.807, 2.05) is 12.1 Å². The fraction of sp³-hybridized carbons (Fsp3) is 0.438. The zero-order valence-electron chi connectivity index (χ0n) is 12.6. The third-order valence-corrected chi connectivity index (χ3v) is 3.16. The summed E-state index contributed by atoms with van der Waals surface area (Å²) in [4.78, 5) is 13.6. The number of phenolic OH excluding ortho intramolecular Hbond substituents is 1. The van der Waals surface area contributed by atoms with Crippen molar-refractivity contribution in [2.24, 2.45) is 0 Å². The Morgan fingerprint density at radius 1 is 1.30 bits per heavy atom. The summed E-state index contributed by atoms with van der Waals surface area (Å²) in [6.07, 6.45) is 1.40. The molecular weight excluding hydrogens is 254 g/mol. The first kappa shape index (κ1) is 16.1. The molecule has 0 heterocycles. The molecule has 110 valence electrons. The van der Waals surface area contributed by atoms with E-state index < -0.39 is 5.97 Å². The van der Waals surface area contributed by atoms with Gasteiger partial charge in [0.1, 0.15) is 5.75 Å². The number of ether oxygens (including phenoxy) is 1. The molecular formula is C16H23NO3. The highest BCUT2D eigenvalue weighted by atomic mass is 16.5. The van der Waals surface area contributed by atoms with Gasteiger partial charge in [-0.05, 0) is 45.4 Å². The predicted molar refractivity (Wildman–Crippen MR) is 82.0 cm³/mol. The molecule has 0 saturated heterocycles. The summed E-state index contributed by atoms with van der Waals surface area (Å²) in [6.45, 7) is 9.79. The first-order chi connectivity index (χ1) is 9.53. The number of esters is 1. The summed E-state index contributed by atoms with van der Waals surface area (Å²) in [5, 5.41) is 10.1. The van der Waals surface area contributed by atoms with Crippen molar-refractivity contribution in [3.05, 3.63) is 29.8 Å². The van der Waals surface area contributed by atoms with Crippen LogP contribution in [0, 0.1) is 0 Å². The number of hydrogen-bond donors (Lipinski definition) is 1. The fourth-order valence-corrected chi connectivity index (χ4v) is 2.08. The van der Waals surface area contributed by atoms with Gasteiger partial charge in [0.2, 0.25) is 0 Å². The van der Waals surface area contributed by atoms with Gasteiger partial charge >= 0.3 is 5.97 Å². The Balaban J connectivity index is 3.01. The van der Waals surface area contributed by atoms with E-state index in [-0.39, 0.29) is 5.75 Å². The van der Waals surface area contributed by atoms with E-state index in [2.05, 4.69) is 18.7 Å². The molecule has 0 amide bonds. The third kappa shape index (κ3) is 4.02. The maximum atomic E-state index is 11.4. The minimum atomic E-state index is -0.391. The number of allylic oxidation sites excluding steroid dienone is 1. The van der Waals surface area contributed by atoms with Crippen LogP contribution in [0.2, 0.25) is 0 Å². The number of carbonyl (C=O) groups is 1. The number of nitrogens with zero attached hydrogens (tertiary/aromatic N) is 1. The normalized spacial score (nSPS) is 11.3. The number of aromatic hydroxyl groups is 1. The van der Waals surface area contributed by atoms with Crippen molar-refractivity contribution >= 4 is 17.2 Å². The van der Waals surface area contributed by atoms with Crippen molar-refractivity contribution in [1.29, 1.82) is 0 Å². The standard InChI is InChI=1S/C16H23NO3/c1-5-17(6-2)13-8-9-14(15(18)11-13)12(4)10-16(19)20-7-3/h8-11,18H,5-7H2,1-4H3. The molecule has 4 heteroatoms. The molecule has 0 spiro atoms. The predicted octanol–water partition coefficient (Wildman–Crippen LogP) is 3.20. The molecule has 1 aromatic rings. The van der Waals surface area contributed by atoms with Crippen molar-refractivity contribution in [3.8, 4) is 5.75 Å². The number of benzene rings is 1. The summed E-state index contributed by atoms with van der Waals surface area (Å²) in [5.41, 5.74) is 2.31. The number of anilines is 1. The van der Waals surface area contributed by atoms with E-state index >= 15 is 0 Å². The van der Waals surface area contributed by atoms with E-state index in [0.29, 0.717) is 17.7 Å². The molecule has 0 aliphatic carbocycles.